The number of nitrogens with one attached hydrogen (secondary N) is 2. The first kappa shape index (κ1) is 19.0. The number of pyridine rings is 1. The number of imide groups is 1. The van der Waals surface area contributed by atoms with Crippen LogP contribution in [0, 0.1) is 0 Å². The van der Waals surface area contributed by atoms with E-state index in [1.54, 1.807) is 37.3 Å². The van der Waals surface area contributed by atoms with E-state index in [1.807, 2.05) is 0 Å². The van der Waals surface area contributed by atoms with Crippen LogP contribution >= 0.6 is 11.6 Å². The van der Waals surface area contributed by atoms with E-state index in [2.05, 4.69) is 15.6 Å². The summed E-state index contributed by atoms with van der Waals surface area (Å²) < 4.78 is 10.6. The fourth-order valence-corrected chi connectivity index (χ4v) is 3.45. The van der Waals surface area contributed by atoms with Crippen molar-refractivity contribution in [3.8, 4) is 11.5 Å². The SMILES string of the molecule is C[C@]1(Cc2ccc3c(c2)OCO3)NC(=O)N(CC(=O)Nc2cccnc2Cl)C1=O. The molecule has 3 heterocycles. The predicted molar refractivity (Wildman–Crippen MR) is 103 cm³/mol. The van der Waals surface area contributed by atoms with Crippen LogP contribution in [0.5, 0.6) is 11.5 Å². The van der Waals surface area contributed by atoms with Crippen LogP contribution < -0.4 is 20.1 Å². The zero-order valence-corrected chi connectivity index (χ0v) is 16.2. The largest absolute Gasteiger partial charge is 0.454 e. The molecule has 0 unspecified atom stereocenters. The van der Waals surface area contributed by atoms with Gasteiger partial charge in [-0.25, -0.2) is 9.78 Å². The van der Waals surface area contributed by atoms with Crippen LogP contribution in [-0.4, -0.2) is 46.6 Å². The normalized spacial score (nSPS) is 20.0. The number of rotatable bonds is 5. The maximum Gasteiger partial charge on any atom is 0.325 e. The summed E-state index contributed by atoms with van der Waals surface area (Å²) in [5.41, 5.74) is -0.0926. The summed E-state index contributed by atoms with van der Waals surface area (Å²) in [6.07, 6.45) is 1.72. The number of benzene rings is 1. The smallest absolute Gasteiger partial charge is 0.325 e. The summed E-state index contributed by atoms with van der Waals surface area (Å²) in [6.45, 7) is 1.33. The van der Waals surface area contributed by atoms with Gasteiger partial charge in [0.15, 0.2) is 16.7 Å². The third-order valence-electron chi connectivity index (χ3n) is 4.67. The van der Waals surface area contributed by atoms with Crippen molar-refractivity contribution in [3.05, 3.63) is 47.2 Å². The Morgan fingerprint density at radius 1 is 1.31 bits per heavy atom. The fraction of sp³-hybridized carbons (Fsp3) is 0.263. The van der Waals surface area contributed by atoms with Crippen LogP contribution in [0.4, 0.5) is 10.5 Å². The molecule has 29 heavy (non-hydrogen) atoms. The van der Waals surface area contributed by atoms with E-state index in [4.69, 9.17) is 21.1 Å². The molecule has 0 spiro atoms. The molecular formula is C19H17ClN4O5. The molecule has 0 bridgehead atoms. The average Bonchev–Trinajstić information content (AvgIpc) is 3.22. The topological polar surface area (TPSA) is 110 Å². The van der Waals surface area contributed by atoms with Crippen LogP contribution in [0.15, 0.2) is 36.5 Å². The molecule has 0 radical (unpaired) electrons. The third kappa shape index (κ3) is 3.68. The van der Waals surface area contributed by atoms with E-state index in [1.165, 1.54) is 6.20 Å². The van der Waals surface area contributed by atoms with Gasteiger partial charge in [-0.05, 0) is 36.8 Å². The van der Waals surface area contributed by atoms with Crippen LogP contribution in [0.1, 0.15) is 12.5 Å². The van der Waals surface area contributed by atoms with Gasteiger partial charge in [-0.1, -0.05) is 17.7 Å². The standard InChI is InChI=1S/C19H17ClN4O5/c1-19(8-11-4-5-13-14(7-11)29-10-28-13)17(26)24(18(27)23-19)9-15(25)22-12-3-2-6-21-16(12)20/h2-7H,8-10H2,1H3,(H,22,25)(H,23,27)/t19-/m1/s1. The summed E-state index contributed by atoms with van der Waals surface area (Å²) in [6, 6.07) is 7.88. The maximum atomic E-state index is 12.9. The Balaban J connectivity index is 1.45. The van der Waals surface area contributed by atoms with Crippen LogP contribution in [0.2, 0.25) is 5.15 Å². The quantitative estimate of drug-likeness (QED) is 0.569. The molecule has 0 aliphatic carbocycles. The molecule has 0 saturated carbocycles. The Morgan fingerprint density at radius 3 is 2.90 bits per heavy atom. The first-order valence-electron chi connectivity index (χ1n) is 8.79. The van der Waals surface area contributed by atoms with Crippen molar-refractivity contribution in [2.24, 2.45) is 0 Å². The van der Waals surface area contributed by atoms with Crippen molar-refractivity contribution in [2.45, 2.75) is 18.9 Å². The van der Waals surface area contributed by atoms with E-state index in [9.17, 15) is 14.4 Å². The highest BCUT2D eigenvalue weighted by Gasteiger charge is 2.48. The van der Waals surface area contributed by atoms with Crippen molar-refractivity contribution < 1.29 is 23.9 Å². The second-order valence-corrected chi connectivity index (χ2v) is 7.27. The summed E-state index contributed by atoms with van der Waals surface area (Å²) >= 11 is 5.91. The van der Waals surface area contributed by atoms with Gasteiger partial charge in [0.05, 0.1) is 5.69 Å². The highest BCUT2D eigenvalue weighted by atomic mass is 35.5. The summed E-state index contributed by atoms with van der Waals surface area (Å²) in [5.74, 6) is 0.170. The van der Waals surface area contributed by atoms with Crippen molar-refractivity contribution in [1.82, 2.24) is 15.2 Å². The average molecular weight is 417 g/mol. The monoisotopic (exact) mass is 416 g/mol. The van der Waals surface area contributed by atoms with Gasteiger partial charge in [-0.15, -0.1) is 0 Å². The Morgan fingerprint density at radius 2 is 2.10 bits per heavy atom. The number of urea groups is 1. The number of carbonyl (C=O) groups excluding carboxylic acids is 3. The Hall–Kier alpha value is -3.33. The predicted octanol–water partition coefficient (Wildman–Crippen LogP) is 1.96. The van der Waals surface area contributed by atoms with Crippen molar-refractivity contribution in [3.63, 3.8) is 0 Å². The van der Waals surface area contributed by atoms with E-state index >= 15 is 0 Å². The molecule has 1 fully saturated rings. The number of fused-ring (bicyclic) bond motifs is 1. The molecular weight excluding hydrogens is 400 g/mol. The lowest BCUT2D eigenvalue weighted by Crippen LogP contribution is -2.46. The molecule has 1 aromatic carbocycles. The minimum atomic E-state index is -1.18. The number of ether oxygens (including phenoxy) is 2. The zero-order valence-electron chi connectivity index (χ0n) is 15.4. The molecule has 1 aromatic heterocycles. The summed E-state index contributed by atoms with van der Waals surface area (Å²) in [4.78, 5) is 42.3. The van der Waals surface area contributed by atoms with Crippen molar-refractivity contribution in [1.29, 1.82) is 0 Å². The molecule has 2 aliphatic rings. The first-order valence-corrected chi connectivity index (χ1v) is 9.16. The van der Waals surface area contributed by atoms with E-state index in [0.29, 0.717) is 17.2 Å². The van der Waals surface area contributed by atoms with Gasteiger partial charge in [0.25, 0.3) is 5.91 Å². The van der Waals surface area contributed by atoms with Gasteiger partial charge in [0.1, 0.15) is 12.1 Å². The second kappa shape index (κ2) is 7.25. The molecule has 1 saturated heterocycles. The molecule has 2 aromatic rings. The lowest BCUT2D eigenvalue weighted by molar-refractivity contribution is -0.133. The van der Waals surface area contributed by atoms with E-state index in [-0.39, 0.29) is 18.4 Å². The van der Waals surface area contributed by atoms with Crippen molar-refractivity contribution in [2.75, 3.05) is 18.7 Å². The number of halogens is 1. The lowest BCUT2D eigenvalue weighted by Gasteiger charge is -2.22. The van der Waals surface area contributed by atoms with E-state index < -0.39 is 29.9 Å². The summed E-state index contributed by atoms with van der Waals surface area (Å²) in [5, 5.41) is 5.34. The van der Waals surface area contributed by atoms with Gasteiger partial charge >= 0.3 is 6.03 Å². The lowest BCUT2D eigenvalue weighted by atomic mass is 9.92. The van der Waals surface area contributed by atoms with Crippen molar-refractivity contribution >= 4 is 35.1 Å². The number of carbonyl (C=O) groups is 3. The molecule has 150 valence electrons. The summed E-state index contributed by atoms with van der Waals surface area (Å²) in [7, 11) is 0. The highest BCUT2D eigenvalue weighted by molar-refractivity contribution is 6.32. The Kier molecular flexibility index (Phi) is 4.75. The third-order valence-corrected chi connectivity index (χ3v) is 4.98. The fourth-order valence-electron chi connectivity index (χ4n) is 3.28. The molecule has 2 aliphatic heterocycles. The molecule has 1 atom stereocenters. The van der Waals surface area contributed by atoms with Gasteiger partial charge in [-0.2, -0.15) is 0 Å². The number of aromatic nitrogens is 1. The minimum absolute atomic E-state index is 0.116. The molecule has 2 N–H and O–H groups in total. The minimum Gasteiger partial charge on any atom is -0.454 e. The number of anilines is 1. The van der Waals surface area contributed by atoms with Gasteiger partial charge < -0.3 is 20.1 Å². The first-order chi connectivity index (χ1) is 13.9. The highest BCUT2D eigenvalue weighted by Crippen LogP contribution is 2.34. The van der Waals surface area contributed by atoms with Gasteiger partial charge in [0, 0.05) is 12.6 Å². The molecule has 9 nitrogen and oxygen atoms in total. The Labute approximate surface area is 170 Å². The number of hydrogen-bond acceptors (Lipinski definition) is 6. The van der Waals surface area contributed by atoms with Crippen LogP contribution in [0.25, 0.3) is 0 Å². The molecule has 10 heteroatoms. The maximum absolute atomic E-state index is 12.9. The van der Waals surface area contributed by atoms with Gasteiger partial charge in [0.2, 0.25) is 12.7 Å². The van der Waals surface area contributed by atoms with Crippen LogP contribution in [-0.2, 0) is 16.0 Å². The van der Waals surface area contributed by atoms with Crippen LogP contribution in [0.3, 0.4) is 0 Å². The van der Waals surface area contributed by atoms with Gasteiger partial charge in [-0.3, -0.25) is 14.5 Å². The van der Waals surface area contributed by atoms with E-state index in [0.717, 1.165) is 10.5 Å². The number of hydrogen-bond donors (Lipinski definition) is 2. The molecule has 4 rings (SSSR count). The zero-order chi connectivity index (χ0) is 20.6. The second-order valence-electron chi connectivity index (χ2n) is 6.91. The number of amides is 4. The number of nitrogens with zero attached hydrogens (tertiary/aromatic N) is 2. The molecule has 4 amide bonds. The Bertz CT molecular complexity index is 1010.